The fourth-order valence-corrected chi connectivity index (χ4v) is 2.96. The quantitative estimate of drug-likeness (QED) is 0.870. The Bertz CT molecular complexity index is 723. The molecule has 1 aliphatic heterocycles. The van der Waals surface area contributed by atoms with Crippen LogP contribution in [0.25, 0.3) is 0 Å². The number of aryl methyl sites for hydroxylation is 2. The summed E-state index contributed by atoms with van der Waals surface area (Å²) in [7, 11) is 4.05. The number of amides is 1. The lowest BCUT2D eigenvalue weighted by molar-refractivity contribution is 0.0780. The summed E-state index contributed by atoms with van der Waals surface area (Å²) >= 11 is 0. The van der Waals surface area contributed by atoms with Gasteiger partial charge in [0.05, 0.1) is 0 Å². The Morgan fingerprint density at radius 3 is 2.74 bits per heavy atom. The van der Waals surface area contributed by atoms with Crippen LogP contribution < -0.4 is 4.90 Å². The standard InChI is InChI=1S/C17H22N4O2/c1-11-7-14(20(3)4)9-15(18-11)13-5-6-21(10-13)17(22)16-8-12(2)23-19-16/h7-9,13H,5-6,10H2,1-4H3/t13-/m0/s1. The number of pyridine rings is 1. The highest BCUT2D eigenvalue weighted by Gasteiger charge is 2.30. The lowest BCUT2D eigenvalue weighted by atomic mass is 10.0. The Labute approximate surface area is 136 Å². The molecule has 6 nitrogen and oxygen atoms in total. The summed E-state index contributed by atoms with van der Waals surface area (Å²) < 4.78 is 5.00. The molecule has 3 rings (SSSR count). The van der Waals surface area contributed by atoms with E-state index >= 15 is 0 Å². The van der Waals surface area contributed by atoms with Gasteiger partial charge in [-0.2, -0.15) is 0 Å². The van der Waals surface area contributed by atoms with Crippen molar-refractivity contribution >= 4 is 11.6 Å². The van der Waals surface area contributed by atoms with E-state index in [0.717, 1.165) is 30.0 Å². The fraction of sp³-hybridized carbons (Fsp3) is 0.471. The van der Waals surface area contributed by atoms with E-state index in [1.54, 1.807) is 13.0 Å². The summed E-state index contributed by atoms with van der Waals surface area (Å²) in [5, 5.41) is 3.82. The van der Waals surface area contributed by atoms with Gasteiger partial charge in [0.1, 0.15) is 5.76 Å². The molecule has 0 spiro atoms. The van der Waals surface area contributed by atoms with Crippen LogP contribution in [-0.4, -0.2) is 48.1 Å². The Kier molecular flexibility index (Phi) is 4.07. The predicted octanol–water partition coefficient (Wildman–Crippen LogP) is 2.38. The van der Waals surface area contributed by atoms with Gasteiger partial charge in [0.25, 0.3) is 5.91 Å². The number of carbonyl (C=O) groups is 1. The van der Waals surface area contributed by atoms with Crippen molar-refractivity contribution in [3.63, 3.8) is 0 Å². The molecule has 0 unspecified atom stereocenters. The summed E-state index contributed by atoms with van der Waals surface area (Å²) in [6, 6.07) is 5.87. The lowest BCUT2D eigenvalue weighted by Gasteiger charge is -2.18. The Morgan fingerprint density at radius 1 is 1.30 bits per heavy atom. The van der Waals surface area contributed by atoms with E-state index in [1.165, 1.54) is 0 Å². The number of nitrogens with zero attached hydrogens (tertiary/aromatic N) is 4. The van der Waals surface area contributed by atoms with E-state index in [-0.39, 0.29) is 11.8 Å². The van der Waals surface area contributed by atoms with Gasteiger partial charge in [0.15, 0.2) is 5.69 Å². The molecule has 23 heavy (non-hydrogen) atoms. The number of carbonyl (C=O) groups excluding carboxylic acids is 1. The summed E-state index contributed by atoms with van der Waals surface area (Å²) in [4.78, 5) is 21.0. The monoisotopic (exact) mass is 314 g/mol. The molecule has 0 saturated carbocycles. The molecular weight excluding hydrogens is 292 g/mol. The second kappa shape index (κ2) is 6.02. The van der Waals surface area contributed by atoms with Gasteiger partial charge in [0, 0.05) is 56.2 Å². The fourth-order valence-electron chi connectivity index (χ4n) is 2.96. The molecule has 1 saturated heterocycles. The normalized spacial score (nSPS) is 17.6. The first-order valence-corrected chi connectivity index (χ1v) is 7.82. The van der Waals surface area contributed by atoms with Gasteiger partial charge in [-0.25, -0.2) is 0 Å². The van der Waals surface area contributed by atoms with Crippen LogP contribution >= 0.6 is 0 Å². The van der Waals surface area contributed by atoms with Gasteiger partial charge in [-0.3, -0.25) is 9.78 Å². The van der Waals surface area contributed by atoms with E-state index in [1.807, 2.05) is 25.9 Å². The van der Waals surface area contributed by atoms with Crippen molar-refractivity contribution < 1.29 is 9.32 Å². The molecule has 0 N–H and O–H groups in total. The van der Waals surface area contributed by atoms with Crippen LogP contribution in [0.3, 0.4) is 0 Å². The average molecular weight is 314 g/mol. The van der Waals surface area contributed by atoms with Gasteiger partial charge in [-0.15, -0.1) is 0 Å². The second-order valence-corrected chi connectivity index (χ2v) is 6.35. The summed E-state index contributed by atoms with van der Waals surface area (Å²) in [6.07, 6.45) is 0.923. The summed E-state index contributed by atoms with van der Waals surface area (Å²) in [6.45, 7) is 5.19. The van der Waals surface area contributed by atoms with Crippen molar-refractivity contribution in [2.45, 2.75) is 26.2 Å². The first-order valence-electron chi connectivity index (χ1n) is 7.82. The van der Waals surface area contributed by atoms with Gasteiger partial charge in [-0.05, 0) is 32.4 Å². The highest BCUT2D eigenvalue weighted by molar-refractivity contribution is 5.92. The van der Waals surface area contributed by atoms with Crippen LogP contribution in [0.1, 0.15) is 40.0 Å². The number of hydrogen-bond acceptors (Lipinski definition) is 5. The molecule has 1 atom stereocenters. The average Bonchev–Trinajstić information content (AvgIpc) is 3.15. The molecule has 3 heterocycles. The van der Waals surface area contributed by atoms with Gasteiger partial charge >= 0.3 is 0 Å². The van der Waals surface area contributed by atoms with Crippen LogP contribution in [-0.2, 0) is 0 Å². The van der Waals surface area contributed by atoms with Crippen LogP contribution in [0.5, 0.6) is 0 Å². The van der Waals surface area contributed by atoms with E-state index in [4.69, 9.17) is 4.52 Å². The first-order chi connectivity index (χ1) is 10.9. The zero-order valence-electron chi connectivity index (χ0n) is 14.0. The minimum absolute atomic E-state index is 0.0650. The third-order valence-corrected chi connectivity index (χ3v) is 4.22. The molecule has 1 fully saturated rings. The zero-order chi connectivity index (χ0) is 16.6. The number of rotatable bonds is 3. The van der Waals surface area contributed by atoms with Gasteiger partial charge in [-0.1, -0.05) is 5.16 Å². The van der Waals surface area contributed by atoms with E-state index < -0.39 is 0 Å². The molecule has 0 aromatic carbocycles. The molecule has 2 aromatic rings. The van der Waals surface area contributed by atoms with Crippen molar-refractivity contribution in [3.05, 3.63) is 41.0 Å². The molecule has 122 valence electrons. The van der Waals surface area contributed by atoms with Crippen LogP contribution in [0, 0.1) is 13.8 Å². The number of anilines is 1. The molecule has 1 amide bonds. The third-order valence-electron chi connectivity index (χ3n) is 4.22. The Hall–Kier alpha value is -2.37. The maximum absolute atomic E-state index is 12.5. The molecule has 0 radical (unpaired) electrons. The minimum atomic E-state index is -0.0650. The zero-order valence-corrected chi connectivity index (χ0v) is 14.0. The SMILES string of the molecule is Cc1cc(N(C)C)cc([C@H]2CCN(C(=O)c3cc(C)on3)C2)n1. The van der Waals surface area contributed by atoms with Crippen molar-refractivity contribution in [3.8, 4) is 0 Å². The molecule has 2 aromatic heterocycles. The summed E-state index contributed by atoms with van der Waals surface area (Å²) in [5.41, 5.74) is 3.59. The lowest BCUT2D eigenvalue weighted by Crippen LogP contribution is -2.28. The highest BCUT2D eigenvalue weighted by Crippen LogP contribution is 2.29. The van der Waals surface area contributed by atoms with Crippen LogP contribution in [0.4, 0.5) is 5.69 Å². The van der Waals surface area contributed by atoms with Gasteiger partial charge in [0.2, 0.25) is 0 Å². The number of likely N-dealkylation sites (tertiary alicyclic amines) is 1. The molecule has 0 bridgehead atoms. The molecular formula is C17H22N4O2. The first kappa shape index (κ1) is 15.5. The molecule has 6 heteroatoms. The molecule has 1 aliphatic rings. The topological polar surface area (TPSA) is 62.5 Å². The minimum Gasteiger partial charge on any atom is -0.378 e. The maximum atomic E-state index is 12.5. The number of hydrogen-bond donors (Lipinski definition) is 0. The Balaban J connectivity index is 1.76. The molecule has 0 aliphatic carbocycles. The van der Waals surface area contributed by atoms with Crippen molar-refractivity contribution in [2.24, 2.45) is 0 Å². The predicted molar refractivity (Wildman–Crippen MR) is 87.8 cm³/mol. The van der Waals surface area contributed by atoms with Crippen LogP contribution in [0.15, 0.2) is 22.7 Å². The maximum Gasteiger partial charge on any atom is 0.276 e. The largest absolute Gasteiger partial charge is 0.378 e. The van der Waals surface area contributed by atoms with Crippen molar-refractivity contribution in [1.82, 2.24) is 15.0 Å². The van der Waals surface area contributed by atoms with Crippen molar-refractivity contribution in [1.29, 1.82) is 0 Å². The van der Waals surface area contributed by atoms with Gasteiger partial charge < -0.3 is 14.3 Å². The third kappa shape index (κ3) is 3.21. The van der Waals surface area contributed by atoms with Crippen LogP contribution in [0.2, 0.25) is 0 Å². The highest BCUT2D eigenvalue weighted by atomic mass is 16.5. The Morgan fingerprint density at radius 2 is 2.09 bits per heavy atom. The number of aromatic nitrogens is 2. The second-order valence-electron chi connectivity index (χ2n) is 6.35. The summed E-state index contributed by atoms with van der Waals surface area (Å²) in [5.74, 6) is 0.857. The smallest absolute Gasteiger partial charge is 0.276 e. The van der Waals surface area contributed by atoms with E-state index in [0.29, 0.717) is 18.0 Å². The van der Waals surface area contributed by atoms with E-state index in [9.17, 15) is 4.79 Å². The van der Waals surface area contributed by atoms with E-state index in [2.05, 4.69) is 27.2 Å². The van der Waals surface area contributed by atoms with Crippen molar-refractivity contribution in [2.75, 3.05) is 32.1 Å².